The highest BCUT2D eigenvalue weighted by Crippen LogP contribution is 2.41. The number of Topliss-reactive ketones (excluding diaryl/α,β-unsaturated/α-hetero) is 1. The first-order chi connectivity index (χ1) is 14.5. The molecule has 0 unspecified atom stereocenters. The van der Waals surface area contributed by atoms with E-state index in [1.165, 1.54) is 26.6 Å². The van der Waals surface area contributed by atoms with Crippen LogP contribution in [0.15, 0.2) is 24.5 Å². The fraction of sp³-hybridized carbons (Fsp3) is 0.381. The van der Waals surface area contributed by atoms with Crippen molar-refractivity contribution in [2.75, 3.05) is 33.9 Å². The van der Waals surface area contributed by atoms with Gasteiger partial charge in [0.1, 0.15) is 0 Å². The molecular weight excluding hydrogens is 431 g/mol. The molecule has 2 aromatic rings. The Kier molecular flexibility index (Phi) is 7.39. The van der Waals surface area contributed by atoms with Crippen molar-refractivity contribution in [2.45, 2.75) is 19.3 Å². The molecule has 1 fully saturated rings. The number of hydrogen-bond donors (Lipinski definition) is 0. The molecule has 30 heavy (non-hydrogen) atoms. The Balaban J connectivity index is 1.90. The summed E-state index contributed by atoms with van der Waals surface area (Å²) in [5.41, 5.74) is 0.707. The van der Waals surface area contributed by atoms with Crippen LogP contribution in [0.5, 0.6) is 17.2 Å². The number of carbonyl (C=O) groups excluding carboxylic acids is 2. The van der Waals surface area contributed by atoms with E-state index in [9.17, 15) is 9.59 Å². The predicted octanol–water partition coefficient (Wildman–Crippen LogP) is 3.83. The van der Waals surface area contributed by atoms with E-state index in [-0.39, 0.29) is 41.8 Å². The zero-order valence-electron chi connectivity index (χ0n) is 16.7. The number of rotatable bonds is 8. The lowest BCUT2D eigenvalue weighted by molar-refractivity contribution is -0.132. The quantitative estimate of drug-likeness (QED) is 0.566. The average Bonchev–Trinajstić information content (AvgIpc) is 3.28. The standard InChI is InChI=1S/C21H22Cl2N2O5/c1-28-18-6-5-13(17(26)9-14-15(22)10-24-11-16(14)23)20(21(18)29-2)30-12-19(27)25-7-3-4-8-25/h5-6,10-11H,3-4,7-9,12H2,1-2H3. The molecule has 0 spiro atoms. The van der Waals surface area contributed by atoms with Crippen molar-refractivity contribution in [1.29, 1.82) is 0 Å². The van der Waals surface area contributed by atoms with E-state index < -0.39 is 0 Å². The normalized spacial score (nSPS) is 13.3. The van der Waals surface area contributed by atoms with Crippen molar-refractivity contribution in [3.63, 3.8) is 0 Å². The largest absolute Gasteiger partial charge is 0.493 e. The Hall–Kier alpha value is -2.51. The smallest absolute Gasteiger partial charge is 0.260 e. The Morgan fingerprint density at radius 3 is 2.30 bits per heavy atom. The number of likely N-dealkylation sites (tertiary alicyclic amines) is 1. The second-order valence-corrected chi connectivity index (χ2v) is 7.55. The zero-order valence-corrected chi connectivity index (χ0v) is 18.3. The molecular formula is C21H22Cl2N2O5. The third-order valence-electron chi connectivity index (χ3n) is 4.89. The maximum atomic E-state index is 13.1. The molecule has 2 heterocycles. The molecule has 0 N–H and O–H groups in total. The first-order valence-electron chi connectivity index (χ1n) is 9.42. The minimum atomic E-state index is -0.297. The molecule has 0 radical (unpaired) electrons. The lowest BCUT2D eigenvalue weighted by Crippen LogP contribution is -2.32. The number of benzene rings is 1. The van der Waals surface area contributed by atoms with Gasteiger partial charge in [-0.2, -0.15) is 0 Å². The lowest BCUT2D eigenvalue weighted by atomic mass is 10.0. The van der Waals surface area contributed by atoms with Gasteiger partial charge in [0.25, 0.3) is 5.91 Å². The van der Waals surface area contributed by atoms with Gasteiger partial charge in [-0.3, -0.25) is 14.6 Å². The first kappa shape index (κ1) is 22.2. The highest BCUT2D eigenvalue weighted by molar-refractivity contribution is 6.36. The molecule has 0 atom stereocenters. The van der Waals surface area contributed by atoms with Crippen molar-refractivity contribution in [3.8, 4) is 17.2 Å². The summed E-state index contributed by atoms with van der Waals surface area (Å²) in [7, 11) is 2.92. The number of methoxy groups -OCH3 is 2. The first-order valence-corrected chi connectivity index (χ1v) is 10.2. The molecule has 0 bridgehead atoms. The summed E-state index contributed by atoms with van der Waals surface area (Å²) in [6.07, 6.45) is 4.75. The number of halogens is 2. The van der Waals surface area contributed by atoms with Crippen LogP contribution in [0, 0.1) is 0 Å². The van der Waals surface area contributed by atoms with Crippen LogP contribution in [0.2, 0.25) is 10.0 Å². The Bertz CT molecular complexity index is 925. The fourth-order valence-electron chi connectivity index (χ4n) is 3.32. The van der Waals surface area contributed by atoms with Gasteiger partial charge in [-0.1, -0.05) is 23.2 Å². The van der Waals surface area contributed by atoms with Gasteiger partial charge < -0.3 is 19.1 Å². The molecule has 0 saturated carbocycles. The van der Waals surface area contributed by atoms with Gasteiger partial charge in [-0.15, -0.1) is 0 Å². The molecule has 1 aromatic heterocycles. The summed E-state index contributed by atoms with van der Waals surface area (Å²) in [5, 5.41) is 0.589. The highest BCUT2D eigenvalue weighted by atomic mass is 35.5. The number of ether oxygens (including phenoxy) is 3. The lowest BCUT2D eigenvalue weighted by Gasteiger charge is -2.19. The third-order valence-corrected chi connectivity index (χ3v) is 5.54. The van der Waals surface area contributed by atoms with E-state index in [0.29, 0.717) is 34.4 Å². The molecule has 9 heteroatoms. The van der Waals surface area contributed by atoms with E-state index in [1.807, 2.05) is 0 Å². The molecule has 0 aliphatic carbocycles. The van der Waals surface area contributed by atoms with Gasteiger partial charge in [0, 0.05) is 37.5 Å². The van der Waals surface area contributed by atoms with E-state index in [1.54, 1.807) is 17.0 Å². The number of amides is 1. The van der Waals surface area contributed by atoms with Crippen molar-refractivity contribution >= 4 is 34.9 Å². The second-order valence-electron chi connectivity index (χ2n) is 6.74. The number of aromatic nitrogens is 1. The van der Waals surface area contributed by atoms with Crippen LogP contribution < -0.4 is 14.2 Å². The summed E-state index contributed by atoms with van der Waals surface area (Å²) in [6, 6.07) is 3.18. The highest BCUT2D eigenvalue weighted by Gasteiger charge is 2.25. The molecule has 1 aromatic carbocycles. The molecule has 1 aliphatic heterocycles. The molecule has 7 nitrogen and oxygen atoms in total. The number of pyridine rings is 1. The van der Waals surface area contributed by atoms with Gasteiger partial charge in [0.15, 0.2) is 23.9 Å². The van der Waals surface area contributed by atoms with E-state index in [2.05, 4.69) is 4.98 Å². The zero-order chi connectivity index (χ0) is 21.7. The topological polar surface area (TPSA) is 78.0 Å². The van der Waals surface area contributed by atoms with Crippen LogP contribution in [0.3, 0.4) is 0 Å². The van der Waals surface area contributed by atoms with Crippen LogP contribution in [0.1, 0.15) is 28.8 Å². The minimum absolute atomic E-state index is 0.0634. The number of carbonyl (C=O) groups is 2. The summed E-state index contributed by atoms with van der Waals surface area (Å²) in [5.74, 6) is 0.336. The maximum Gasteiger partial charge on any atom is 0.260 e. The Morgan fingerprint density at radius 2 is 1.70 bits per heavy atom. The molecule has 1 saturated heterocycles. The average molecular weight is 453 g/mol. The van der Waals surface area contributed by atoms with Crippen LogP contribution in [0.4, 0.5) is 0 Å². The van der Waals surface area contributed by atoms with E-state index >= 15 is 0 Å². The molecule has 1 aliphatic rings. The number of hydrogen-bond acceptors (Lipinski definition) is 6. The molecule has 160 valence electrons. The fourth-order valence-corrected chi connectivity index (χ4v) is 3.81. The third kappa shape index (κ3) is 4.79. The molecule has 1 amide bonds. The summed E-state index contributed by atoms with van der Waals surface area (Å²) >= 11 is 12.3. The number of ketones is 1. The Morgan fingerprint density at radius 1 is 1.03 bits per heavy atom. The van der Waals surface area contributed by atoms with Gasteiger partial charge in [-0.05, 0) is 25.0 Å². The van der Waals surface area contributed by atoms with Crippen LogP contribution >= 0.6 is 23.2 Å². The van der Waals surface area contributed by atoms with E-state index in [0.717, 1.165) is 12.8 Å². The van der Waals surface area contributed by atoms with Gasteiger partial charge in [0.2, 0.25) is 5.75 Å². The summed E-state index contributed by atoms with van der Waals surface area (Å²) < 4.78 is 16.5. The van der Waals surface area contributed by atoms with Gasteiger partial charge in [0.05, 0.1) is 29.8 Å². The van der Waals surface area contributed by atoms with Crippen LogP contribution in [0.25, 0.3) is 0 Å². The van der Waals surface area contributed by atoms with Gasteiger partial charge in [-0.25, -0.2) is 0 Å². The van der Waals surface area contributed by atoms with Crippen molar-refractivity contribution < 1.29 is 23.8 Å². The monoisotopic (exact) mass is 452 g/mol. The molecule has 3 rings (SSSR count). The van der Waals surface area contributed by atoms with Gasteiger partial charge >= 0.3 is 0 Å². The summed E-state index contributed by atoms with van der Waals surface area (Å²) in [6.45, 7) is 1.21. The maximum absolute atomic E-state index is 13.1. The summed E-state index contributed by atoms with van der Waals surface area (Å²) in [4.78, 5) is 31.2. The predicted molar refractivity (Wildman–Crippen MR) is 113 cm³/mol. The van der Waals surface area contributed by atoms with Crippen molar-refractivity contribution in [2.24, 2.45) is 0 Å². The van der Waals surface area contributed by atoms with Crippen molar-refractivity contribution in [3.05, 3.63) is 45.7 Å². The number of nitrogens with zero attached hydrogens (tertiary/aromatic N) is 2. The minimum Gasteiger partial charge on any atom is -0.493 e. The second kappa shape index (κ2) is 10.00. The van der Waals surface area contributed by atoms with Crippen LogP contribution in [-0.2, 0) is 11.2 Å². The SMILES string of the molecule is COc1ccc(C(=O)Cc2c(Cl)cncc2Cl)c(OCC(=O)N2CCCC2)c1OC. The Labute approximate surface area is 184 Å². The van der Waals surface area contributed by atoms with Crippen molar-refractivity contribution in [1.82, 2.24) is 9.88 Å². The van der Waals surface area contributed by atoms with Crippen LogP contribution in [-0.4, -0.2) is 55.5 Å². The van der Waals surface area contributed by atoms with E-state index in [4.69, 9.17) is 37.4 Å².